The molecule has 3 aliphatic heterocycles. The number of amides is 2. The number of rotatable bonds is 9. The van der Waals surface area contributed by atoms with Crippen molar-refractivity contribution in [3.05, 3.63) is 82.5 Å². The molecule has 7 rings (SSSR count). The predicted octanol–water partition coefficient (Wildman–Crippen LogP) is 6.55. The van der Waals surface area contributed by atoms with Gasteiger partial charge in [-0.1, -0.05) is 23.7 Å². The predicted molar refractivity (Wildman–Crippen MR) is 171 cm³/mol. The minimum absolute atomic E-state index is 0.0800. The zero-order chi connectivity index (χ0) is 31.6. The van der Waals surface area contributed by atoms with E-state index in [4.69, 9.17) is 31.0 Å². The summed E-state index contributed by atoms with van der Waals surface area (Å²) in [6, 6.07) is 15.8. The number of nitrogens with one attached hydrogen (secondary N) is 1. The van der Waals surface area contributed by atoms with Crippen molar-refractivity contribution in [3.63, 3.8) is 0 Å². The Bertz CT molecular complexity index is 1710. The third-order valence-electron chi connectivity index (χ3n) is 9.18. The van der Waals surface area contributed by atoms with Crippen LogP contribution in [0.2, 0.25) is 5.02 Å². The van der Waals surface area contributed by atoms with Gasteiger partial charge >= 0.3 is 6.03 Å². The van der Waals surface area contributed by atoms with Crippen LogP contribution in [0, 0.1) is 5.82 Å². The van der Waals surface area contributed by atoms with Crippen LogP contribution < -0.4 is 10.1 Å². The van der Waals surface area contributed by atoms with Crippen LogP contribution in [0.25, 0.3) is 11.0 Å². The van der Waals surface area contributed by atoms with Gasteiger partial charge in [-0.3, -0.25) is 4.90 Å². The molecule has 3 fully saturated rings. The first-order valence-electron chi connectivity index (χ1n) is 15.9. The number of urea groups is 1. The van der Waals surface area contributed by atoms with Crippen molar-refractivity contribution < 1.29 is 23.0 Å². The minimum Gasteiger partial charge on any atom is -0.473 e. The van der Waals surface area contributed by atoms with E-state index in [2.05, 4.69) is 14.8 Å². The van der Waals surface area contributed by atoms with Crippen LogP contribution in [0.4, 0.5) is 19.3 Å². The molecule has 9 nitrogen and oxygen atoms in total. The van der Waals surface area contributed by atoms with Gasteiger partial charge in [0.15, 0.2) is 0 Å². The number of nitrogens with zero attached hydrogens (tertiary/aromatic N) is 5. The van der Waals surface area contributed by atoms with Crippen molar-refractivity contribution >= 4 is 34.4 Å². The number of hydrogen-bond acceptors (Lipinski definition) is 6. The van der Waals surface area contributed by atoms with E-state index >= 15 is 0 Å². The van der Waals surface area contributed by atoms with E-state index in [9.17, 15) is 13.6 Å². The summed E-state index contributed by atoms with van der Waals surface area (Å²) < 4.78 is 41.6. The van der Waals surface area contributed by atoms with Gasteiger partial charge < -0.3 is 24.3 Å². The second-order valence-corrected chi connectivity index (χ2v) is 12.8. The molecule has 2 aromatic heterocycles. The number of hydrogen-bond donors (Lipinski definition) is 1. The van der Waals surface area contributed by atoms with E-state index < -0.39 is 12.0 Å². The number of imidazole rings is 1. The van der Waals surface area contributed by atoms with Crippen LogP contribution in [-0.4, -0.2) is 75.4 Å². The Kier molecular flexibility index (Phi) is 9.06. The summed E-state index contributed by atoms with van der Waals surface area (Å²) in [7, 11) is 0. The summed E-state index contributed by atoms with van der Waals surface area (Å²) in [6.07, 6.45) is 2.50. The molecule has 3 aliphatic rings. The average Bonchev–Trinajstić information content (AvgIpc) is 3.61. The molecule has 4 aromatic rings. The summed E-state index contributed by atoms with van der Waals surface area (Å²) in [5, 5.41) is 3.27. The molecular formula is C34H37ClF2N6O3. The fourth-order valence-corrected chi connectivity index (χ4v) is 6.59. The number of carbonyl (C=O) groups is 1. The number of ether oxygens (including phenoxy) is 2. The largest absolute Gasteiger partial charge is 0.473 e. The van der Waals surface area contributed by atoms with Gasteiger partial charge in [0.05, 0.1) is 36.8 Å². The molecule has 2 amide bonds. The lowest BCUT2D eigenvalue weighted by Gasteiger charge is -2.32. The van der Waals surface area contributed by atoms with E-state index in [-0.39, 0.29) is 25.3 Å². The number of carbonyl (C=O) groups excluding carboxylic acids is 1. The van der Waals surface area contributed by atoms with Crippen molar-refractivity contribution in [1.82, 2.24) is 24.3 Å². The Morgan fingerprint density at radius 3 is 2.63 bits per heavy atom. The fourth-order valence-electron chi connectivity index (χ4n) is 6.43. The van der Waals surface area contributed by atoms with Crippen molar-refractivity contribution in [2.45, 2.75) is 63.6 Å². The smallest absolute Gasteiger partial charge is 0.321 e. The lowest BCUT2D eigenvalue weighted by atomic mass is 9.93. The molecule has 3 saturated heterocycles. The highest BCUT2D eigenvalue weighted by atomic mass is 35.5. The molecule has 12 heteroatoms. The first kappa shape index (κ1) is 30.8. The van der Waals surface area contributed by atoms with Gasteiger partial charge in [0.25, 0.3) is 0 Å². The Morgan fingerprint density at radius 1 is 1.04 bits per heavy atom. The molecular weight excluding hydrogens is 614 g/mol. The van der Waals surface area contributed by atoms with Gasteiger partial charge in [-0.15, -0.1) is 0 Å². The van der Waals surface area contributed by atoms with Crippen molar-refractivity contribution in [1.29, 1.82) is 0 Å². The normalized spacial score (nSPS) is 20.6. The number of halogens is 3. The summed E-state index contributed by atoms with van der Waals surface area (Å²) in [5.74, 6) is 1.34. The highest BCUT2D eigenvalue weighted by Gasteiger charge is 2.28. The zero-order valence-electron chi connectivity index (χ0n) is 25.5. The topological polar surface area (TPSA) is 84.8 Å². The number of anilines is 1. The molecule has 1 unspecified atom stereocenters. The quantitative estimate of drug-likeness (QED) is 0.221. The number of alkyl halides is 1. The van der Waals surface area contributed by atoms with Crippen LogP contribution in [0.15, 0.2) is 54.6 Å². The third kappa shape index (κ3) is 6.96. The summed E-state index contributed by atoms with van der Waals surface area (Å²) in [6.45, 7) is 4.63. The van der Waals surface area contributed by atoms with Gasteiger partial charge in [-0.25, -0.2) is 23.5 Å². The van der Waals surface area contributed by atoms with Crippen LogP contribution in [0.5, 0.6) is 5.88 Å². The van der Waals surface area contributed by atoms with Gasteiger partial charge in [-0.05, 0) is 75.2 Å². The molecule has 2 aromatic carbocycles. The van der Waals surface area contributed by atoms with Crippen molar-refractivity contribution in [2.75, 3.05) is 38.1 Å². The Labute approximate surface area is 271 Å². The number of fused-ring (bicyclic) bond motifs is 1. The van der Waals surface area contributed by atoms with Gasteiger partial charge in [0.1, 0.15) is 24.4 Å². The average molecular weight is 651 g/mol. The molecule has 46 heavy (non-hydrogen) atoms. The number of benzene rings is 2. The maximum atomic E-state index is 14.2. The third-order valence-corrected chi connectivity index (χ3v) is 9.42. The molecule has 1 N–H and O–H groups in total. The molecule has 0 aliphatic carbocycles. The van der Waals surface area contributed by atoms with E-state index in [1.54, 1.807) is 18.2 Å². The van der Waals surface area contributed by atoms with E-state index in [0.29, 0.717) is 47.6 Å². The highest BCUT2D eigenvalue weighted by molar-refractivity contribution is 6.30. The summed E-state index contributed by atoms with van der Waals surface area (Å²) in [5.41, 5.74) is 3.87. The fraction of sp³-hybridized carbons (Fsp3) is 0.441. The number of likely N-dealkylation sites (tertiary alicyclic amines) is 2. The molecule has 2 atom stereocenters. The first-order chi connectivity index (χ1) is 22.4. The lowest BCUT2D eigenvalue weighted by molar-refractivity contribution is -0.0592. The van der Waals surface area contributed by atoms with Crippen LogP contribution in [0.3, 0.4) is 0 Å². The van der Waals surface area contributed by atoms with Gasteiger partial charge in [0, 0.05) is 47.1 Å². The minimum atomic E-state index is -0.960. The Balaban J connectivity index is 0.997. The van der Waals surface area contributed by atoms with Crippen LogP contribution in [-0.2, 0) is 24.4 Å². The molecule has 242 valence electrons. The number of piperidine rings is 1. The second kappa shape index (κ2) is 13.5. The first-order valence-corrected chi connectivity index (χ1v) is 16.3. The maximum absolute atomic E-state index is 14.2. The van der Waals surface area contributed by atoms with Crippen molar-refractivity contribution in [2.24, 2.45) is 0 Å². The SMILES string of the molecule is O=C(Nc1ccc2c(c1)nc(CN1CCC(c3cccc(OCc4ccc(Cl)cc4F)n3)CC1)n2C[C@@H]1CCO1)N1CCC(F)C1. The lowest BCUT2D eigenvalue weighted by Crippen LogP contribution is -2.35. The highest BCUT2D eigenvalue weighted by Crippen LogP contribution is 2.30. The van der Waals surface area contributed by atoms with Crippen LogP contribution in [0.1, 0.15) is 48.7 Å². The zero-order valence-corrected chi connectivity index (χ0v) is 26.3. The van der Waals surface area contributed by atoms with E-state index in [1.807, 2.05) is 30.3 Å². The summed E-state index contributed by atoms with van der Waals surface area (Å²) in [4.78, 5) is 26.4. The molecule has 0 saturated carbocycles. The van der Waals surface area contributed by atoms with E-state index in [1.165, 1.54) is 11.0 Å². The Hall–Kier alpha value is -3.80. The monoisotopic (exact) mass is 650 g/mol. The molecule has 5 heterocycles. The number of pyridine rings is 1. The molecule has 0 bridgehead atoms. The van der Waals surface area contributed by atoms with Crippen molar-refractivity contribution in [3.8, 4) is 5.88 Å². The van der Waals surface area contributed by atoms with Crippen LogP contribution >= 0.6 is 11.6 Å². The van der Waals surface area contributed by atoms with Gasteiger partial charge in [-0.2, -0.15) is 0 Å². The second-order valence-electron chi connectivity index (χ2n) is 12.4. The van der Waals surface area contributed by atoms with E-state index in [0.717, 1.165) is 68.1 Å². The van der Waals surface area contributed by atoms with Gasteiger partial charge in [0.2, 0.25) is 5.88 Å². The summed E-state index contributed by atoms with van der Waals surface area (Å²) >= 11 is 5.86. The standard InChI is InChI=1S/C34H37ClF2N6O3/c35-24-5-4-23(28(37)16-24)21-46-33-3-1-2-29(40-33)22-8-12-41(13-9-22)20-32-39-30-17-26(38-34(44)42-14-10-25(36)18-42)6-7-31(30)43(32)19-27-11-15-45-27/h1-7,16-17,22,25,27H,8-15,18-21H2,(H,38,44)/t25?,27-/m0/s1. The molecule has 0 radical (unpaired) electrons. The number of aromatic nitrogens is 3. The Morgan fingerprint density at radius 2 is 1.89 bits per heavy atom. The molecule has 0 spiro atoms. The maximum Gasteiger partial charge on any atom is 0.321 e.